The van der Waals surface area contributed by atoms with E-state index in [4.69, 9.17) is 4.74 Å². The minimum absolute atomic E-state index is 0.460. The Balaban J connectivity index is 2.45. The molecule has 0 saturated carbocycles. The highest BCUT2D eigenvalue weighted by Crippen LogP contribution is 2.19. The van der Waals surface area contributed by atoms with Gasteiger partial charge in [-0.15, -0.1) is 0 Å². The molecule has 108 valence electrons. The van der Waals surface area contributed by atoms with E-state index in [1.807, 2.05) is 0 Å². The molecule has 1 fully saturated rings. The number of likely N-dealkylation sites (tertiary alicyclic amines) is 1. The molecular formula is C15H32N2O. The highest BCUT2D eigenvalue weighted by atomic mass is 16.5. The van der Waals surface area contributed by atoms with Crippen molar-refractivity contribution in [3.8, 4) is 0 Å². The second kappa shape index (κ2) is 8.89. The maximum absolute atomic E-state index is 5.93. The Morgan fingerprint density at radius 3 is 2.72 bits per heavy atom. The average Bonchev–Trinajstić information content (AvgIpc) is 2.37. The third kappa shape index (κ3) is 5.25. The lowest BCUT2D eigenvalue weighted by Gasteiger charge is -2.40. The molecule has 0 amide bonds. The molecule has 0 radical (unpaired) electrons. The third-order valence-corrected chi connectivity index (χ3v) is 3.81. The van der Waals surface area contributed by atoms with Crippen LogP contribution in [0.4, 0.5) is 0 Å². The van der Waals surface area contributed by atoms with Gasteiger partial charge in [0, 0.05) is 25.7 Å². The van der Waals surface area contributed by atoms with E-state index in [0.717, 1.165) is 32.7 Å². The quantitative estimate of drug-likeness (QED) is 0.722. The van der Waals surface area contributed by atoms with Crippen LogP contribution in [0.1, 0.15) is 47.0 Å². The summed E-state index contributed by atoms with van der Waals surface area (Å²) in [5.41, 5.74) is 0. The first kappa shape index (κ1) is 15.9. The zero-order chi connectivity index (χ0) is 13.4. The molecule has 0 bridgehead atoms. The van der Waals surface area contributed by atoms with Crippen LogP contribution in [0.3, 0.4) is 0 Å². The maximum Gasteiger partial charge on any atom is 0.0702 e. The van der Waals surface area contributed by atoms with Gasteiger partial charge in [0.05, 0.1) is 6.10 Å². The molecule has 0 aromatic heterocycles. The Bertz CT molecular complexity index is 209. The molecule has 1 aliphatic rings. The lowest BCUT2D eigenvalue weighted by atomic mass is 9.98. The summed E-state index contributed by atoms with van der Waals surface area (Å²) in [5, 5.41) is 3.50. The first-order valence-corrected chi connectivity index (χ1v) is 7.75. The van der Waals surface area contributed by atoms with Crippen LogP contribution in [0, 0.1) is 5.92 Å². The van der Waals surface area contributed by atoms with Crippen LogP contribution in [0.5, 0.6) is 0 Å². The molecule has 0 aliphatic carbocycles. The number of rotatable bonds is 8. The largest absolute Gasteiger partial charge is 0.377 e. The van der Waals surface area contributed by atoms with Crippen molar-refractivity contribution in [2.24, 2.45) is 5.92 Å². The van der Waals surface area contributed by atoms with E-state index in [0.29, 0.717) is 18.1 Å². The second-order valence-electron chi connectivity index (χ2n) is 5.75. The highest BCUT2D eigenvalue weighted by molar-refractivity contribution is 4.82. The van der Waals surface area contributed by atoms with Crippen LogP contribution in [0.2, 0.25) is 0 Å². The van der Waals surface area contributed by atoms with Crippen LogP contribution >= 0.6 is 0 Å². The predicted octanol–water partition coefficient (Wildman–Crippen LogP) is 2.51. The molecule has 1 rings (SSSR count). The molecule has 2 atom stereocenters. The SMILES string of the molecule is CCCOC1CCCN(C(CNCC)C(C)C)C1. The van der Waals surface area contributed by atoms with Crippen LogP contribution in [-0.2, 0) is 4.74 Å². The van der Waals surface area contributed by atoms with Gasteiger partial charge in [-0.3, -0.25) is 4.90 Å². The zero-order valence-corrected chi connectivity index (χ0v) is 12.7. The summed E-state index contributed by atoms with van der Waals surface area (Å²) >= 11 is 0. The first-order chi connectivity index (χ1) is 8.69. The minimum Gasteiger partial charge on any atom is -0.377 e. The third-order valence-electron chi connectivity index (χ3n) is 3.81. The van der Waals surface area contributed by atoms with Crippen molar-refractivity contribution in [2.75, 3.05) is 32.8 Å². The topological polar surface area (TPSA) is 24.5 Å². The van der Waals surface area contributed by atoms with Gasteiger partial charge in [-0.05, 0) is 38.3 Å². The summed E-state index contributed by atoms with van der Waals surface area (Å²) in [6.45, 7) is 14.5. The Morgan fingerprint density at radius 2 is 2.11 bits per heavy atom. The van der Waals surface area contributed by atoms with Crippen molar-refractivity contribution in [1.29, 1.82) is 0 Å². The number of likely N-dealkylation sites (N-methyl/N-ethyl adjacent to an activating group) is 1. The second-order valence-corrected chi connectivity index (χ2v) is 5.75. The molecule has 18 heavy (non-hydrogen) atoms. The fraction of sp³-hybridized carbons (Fsp3) is 1.00. The van der Waals surface area contributed by atoms with E-state index in [-0.39, 0.29) is 0 Å². The molecular weight excluding hydrogens is 224 g/mol. The van der Waals surface area contributed by atoms with Crippen molar-refractivity contribution >= 4 is 0 Å². The molecule has 0 spiro atoms. The van der Waals surface area contributed by atoms with E-state index in [1.165, 1.54) is 19.4 Å². The average molecular weight is 256 g/mol. The monoisotopic (exact) mass is 256 g/mol. The standard InChI is InChI=1S/C15H32N2O/c1-5-10-18-14-8-7-9-17(12-14)15(13(3)4)11-16-6-2/h13-16H,5-12H2,1-4H3. The van der Waals surface area contributed by atoms with Crippen LogP contribution < -0.4 is 5.32 Å². The van der Waals surface area contributed by atoms with E-state index in [9.17, 15) is 0 Å². The Labute approximate surface area is 113 Å². The van der Waals surface area contributed by atoms with E-state index in [2.05, 4.69) is 37.9 Å². The number of hydrogen-bond donors (Lipinski definition) is 1. The van der Waals surface area contributed by atoms with Gasteiger partial charge in [-0.25, -0.2) is 0 Å². The molecule has 2 unspecified atom stereocenters. The van der Waals surface area contributed by atoms with Gasteiger partial charge in [0.1, 0.15) is 0 Å². The fourth-order valence-corrected chi connectivity index (χ4v) is 2.77. The number of ether oxygens (including phenoxy) is 1. The van der Waals surface area contributed by atoms with Gasteiger partial charge >= 0.3 is 0 Å². The summed E-state index contributed by atoms with van der Waals surface area (Å²) in [5.74, 6) is 0.703. The van der Waals surface area contributed by atoms with E-state index in [1.54, 1.807) is 0 Å². The van der Waals surface area contributed by atoms with Gasteiger partial charge in [-0.1, -0.05) is 27.7 Å². The van der Waals surface area contributed by atoms with Gasteiger partial charge in [-0.2, -0.15) is 0 Å². The van der Waals surface area contributed by atoms with Gasteiger partial charge in [0.25, 0.3) is 0 Å². The first-order valence-electron chi connectivity index (χ1n) is 7.75. The van der Waals surface area contributed by atoms with E-state index < -0.39 is 0 Å². The Kier molecular flexibility index (Phi) is 7.87. The lowest BCUT2D eigenvalue weighted by Crippen LogP contribution is -2.51. The van der Waals surface area contributed by atoms with Crippen molar-refractivity contribution < 1.29 is 4.74 Å². The highest BCUT2D eigenvalue weighted by Gasteiger charge is 2.27. The number of piperidine rings is 1. The fourth-order valence-electron chi connectivity index (χ4n) is 2.77. The summed E-state index contributed by atoms with van der Waals surface area (Å²) in [7, 11) is 0. The summed E-state index contributed by atoms with van der Waals surface area (Å²) in [4.78, 5) is 2.64. The van der Waals surface area contributed by atoms with Crippen molar-refractivity contribution in [2.45, 2.75) is 59.1 Å². The molecule has 1 saturated heterocycles. The molecule has 0 aromatic carbocycles. The normalized spacial score (nSPS) is 23.5. The van der Waals surface area contributed by atoms with Crippen molar-refractivity contribution in [3.05, 3.63) is 0 Å². The molecule has 3 heteroatoms. The van der Waals surface area contributed by atoms with E-state index >= 15 is 0 Å². The predicted molar refractivity (Wildman–Crippen MR) is 78.0 cm³/mol. The lowest BCUT2D eigenvalue weighted by molar-refractivity contribution is -0.0184. The Hall–Kier alpha value is -0.120. The summed E-state index contributed by atoms with van der Waals surface area (Å²) in [6, 6.07) is 0.651. The molecule has 0 aromatic rings. The number of nitrogens with zero attached hydrogens (tertiary/aromatic N) is 1. The molecule has 1 aliphatic heterocycles. The van der Waals surface area contributed by atoms with Gasteiger partial charge in [0.2, 0.25) is 0 Å². The van der Waals surface area contributed by atoms with Crippen molar-refractivity contribution in [3.63, 3.8) is 0 Å². The zero-order valence-electron chi connectivity index (χ0n) is 12.7. The number of hydrogen-bond acceptors (Lipinski definition) is 3. The van der Waals surface area contributed by atoms with Crippen LogP contribution in [0.25, 0.3) is 0 Å². The van der Waals surface area contributed by atoms with Crippen molar-refractivity contribution in [1.82, 2.24) is 10.2 Å². The van der Waals surface area contributed by atoms with Gasteiger partial charge in [0.15, 0.2) is 0 Å². The maximum atomic E-state index is 5.93. The minimum atomic E-state index is 0.460. The number of nitrogens with one attached hydrogen (secondary N) is 1. The summed E-state index contributed by atoms with van der Waals surface area (Å²) in [6.07, 6.45) is 4.11. The molecule has 1 heterocycles. The molecule has 1 N–H and O–H groups in total. The molecule has 3 nitrogen and oxygen atoms in total. The van der Waals surface area contributed by atoms with Crippen LogP contribution in [-0.4, -0.2) is 49.8 Å². The Morgan fingerprint density at radius 1 is 1.33 bits per heavy atom. The smallest absolute Gasteiger partial charge is 0.0702 e. The van der Waals surface area contributed by atoms with Crippen LogP contribution in [0.15, 0.2) is 0 Å². The summed E-state index contributed by atoms with van der Waals surface area (Å²) < 4.78 is 5.93. The van der Waals surface area contributed by atoms with Gasteiger partial charge < -0.3 is 10.1 Å².